The Morgan fingerprint density at radius 3 is 2.18 bits per heavy atom. The second kappa shape index (κ2) is 14.4. The van der Waals surface area contributed by atoms with E-state index in [1.54, 1.807) is 72.8 Å². The molecule has 1 unspecified atom stereocenters. The number of anilines is 2. The number of amides is 3. The molecular weight excluding hydrogens is 598 g/mol. The molecule has 12 heteroatoms. The Labute approximate surface area is 254 Å². The normalized spacial score (nSPS) is 11.8. The average Bonchev–Trinajstić information content (AvgIpc) is 3.02. The Bertz CT molecular complexity index is 1710. The van der Waals surface area contributed by atoms with Crippen molar-refractivity contribution in [3.8, 4) is 5.75 Å². The van der Waals surface area contributed by atoms with Crippen molar-refractivity contribution < 1.29 is 36.7 Å². The zero-order chi connectivity index (χ0) is 31.8. The molecule has 1 atom stereocenters. The summed E-state index contributed by atoms with van der Waals surface area (Å²) >= 11 is 0.961. The maximum absolute atomic E-state index is 14.0. The molecule has 4 rings (SSSR count). The topological polar surface area (TPSA) is 96.5 Å². The van der Waals surface area contributed by atoms with Crippen LogP contribution in [0.1, 0.15) is 22.8 Å². The summed E-state index contributed by atoms with van der Waals surface area (Å²) in [5.74, 6) is -8.28. The molecule has 44 heavy (non-hydrogen) atoms. The molecule has 0 bridgehead atoms. The van der Waals surface area contributed by atoms with Gasteiger partial charge in [-0.3, -0.25) is 14.4 Å². The molecular formula is C32H25F4N3O4S. The van der Waals surface area contributed by atoms with Crippen LogP contribution in [0.15, 0.2) is 95.5 Å². The fourth-order valence-electron chi connectivity index (χ4n) is 3.85. The molecule has 0 aliphatic carbocycles. The molecule has 4 aromatic carbocycles. The van der Waals surface area contributed by atoms with Gasteiger partial charge in [0.2, 0.25) is 5.91 Å². The molecule has 0 aromatic heterocycles. The highest BCUT2D eigenvalue weighted by Gasteiger charge is 2.24. The molecule has 7 nitrogen and oxygen atoms in total. The summed E-state index contributed by atoms with van der Waals surface area (Å²) in [6.07, 6.45) is 1.48. The third-order valence-corrected chi connectivity index (χ3v) is 7.16. The summed E-state index contributed by atoms with van der Waals surface area (Å²) in [6, 6.07) is 21.6. The highest BCUT2D eigenvalue weighted by atomic mass is 32.2. The molecule has 0 aliphatic heterocycles. The van der Waals surface area contributed by atoms with Crippen LogP contribution in [-0.2, 0) is 9.59 Å². The van der Waals surface area contributed by atoms with Gasteiger partial charge >= 0.3 is 0 Å². The first-order valence-corrected chi connectivity index (χ1v) is 13.9. The van der Waals surface area contributed by atoms with Gasteiger partial charge < -0.3 is 20.7 Å². The lowest BCUT2D eigenvalue weighted by Gasteiger charge is -2.15. The first-order chi connectivity index (χ1) is 21.0. The van der Waals surface area contributed by atoms with Crippen molar-refractivity contribution in [3.63, 3.8) is 0 Å². The fraction of sp³-hybridized carbons (Fsp3) is 0.0938. The standard InChI is InChI=1S/C32H25F4N3O4S/c1-18(30(40)39-29-27(35)24(33)17-25(34)28(29)36)44-23-13-7-11-21(16-23)37-32(42)26(15-19-8-6-12-22(14-19)43-2)38-31(41)20-9-4-3-5-10-20/h3-18H,1-2H3,(H,37,42)(H,38,41)(H,39,40)/b26-15-. The Kier molecular flexibility index (Phi) is 10.4. The number of carbonyl (C=O) groups excluding carboxylic acids is 3. The summed E-state index contributed by atoms with van der Waals surface area (Å²) in [4.78, 5) is 39.3. The summed E-state index contributed by atoms with van der Waals surface area (Å²) in [5, 5.41) is 6.26. The van der Waals surface area contributed by atoms with E-state index in [-0.39, 0.29) is 11.8 Å². The highest BCUT2D eigenvalue weighted by molar-refractivity contribution is 8.00. The van der Waals surface area contributed by atoms with Crippen LogP contribution in [0.3, 0.4) is 0 Å². The molecule has 226 valence electrons. The lowest BCUT2D eigenvalue weighted by Crippen LogP contribution is -2.30. The van der Waals surface area contributed by atoms with Gasteiger partial charge in [0.25, 0.3) is 11.8 Å². The van der Waals surface area contributed by atoms with E-state index in [4.69, 9.17) is 4.74 Å². The lowest BCUT2D eigenvalue weighted by molar-refractivity contribution is -0.115. The van der Waals surface area contributed by atoms with Crippen molar-refractivity contribution in [2.24, 2.45) is 0 Å². The van der Waals surface area contributed by atoms with E-state index in [2.05, 4.69) is 10.6 Å². The number of benzene rings is 4. The molecule has 0 fully saturated rings. The predicted octanol–water partition coefficient (Wildman–Crippen LogP) is 6.78. The van der Waals surface area contributed by atoms with Crippen molar-refractivity contribution in [1.82, 2.24) is 5.32 Å². The number of rotatable bonds is 10. The molecule has 0 heterocycles. The minimum atomic E-state index is -1.73. The van der Waals surface area contributed by atoms with Crippen molar-refractivity contribution in [3.05, 3.63) is 125 Å². The van der Waals surface area contributed by atoms with Crippen LogP contribution in [0, 0.1) is 23.3 Å². The smallest absolute Gasteiger partial charge is 0.272 e. The van der Waals surface area contributed by atoms with E-state index >= 15 is 0 Å². The Morgan fingerprint density at radius 2 is 1.50 bits per heavy atom. The van der Waals surface area contributed by atoms with Gasteiger partial charge in [0.1, 0.15) is 17.1 Å². The SMILES string of the molecule is COc1cccc(/C=C(\NC(=O)c2ccccc2)C(=O)Nc2cccc(SC(C)C(=O)Nc3c(F)c(F)cc(F)c3F)c2)c1. The van der Waals surface area contributed by atoms with Crippen LogP contribution in [0.5, 0.6) is 5.75 Å². The van der Waals surface area contributed by atoms with Gasteiger partial charge in [-0.25, -0.2) is 17.6 Å². The second-order valence-electron chi connectivity index (χ2n) is 9.23. The maximum atomic E-state index is 14.0. The quantitative estimate of drug-likeness (QED) is 0.0784. The zero-order valence-electron chi connectivity index (χ0n) is 23.3. The van der Waals surface area contributed by atoms with Crippen LogP contribution < -0.4 is 20.7 Å². The van der Waals surface area contributed by atoms with E-state index in [9.17, 15) is 31.9 Å². The van der Waals surface area contributed by atoms with Crippen molar-refractivity contribution >= 4 is 46.9 Å². The van der Waals surface area contributed by atoms with Gasteiger partial charge in [0, 0.05) is 22.2 Å². The van der Waals surface area contributed by atoms with Gasteiger partial charge in [-0.2, -0.15) is 0 Å². The minimum absolute atomic E-state index is 0.0443. The van der Waals surface area contributed by atoms with E-state index in [0.717, 1.165) is 11.8 Å². The third-order valence-electron chi connectivity index (χ3n) is 6.07. The molecule has 0 saturated carbocycles. The van der Waals surface area contributed by atoms with Gasteiger partial charge in [0.15, 0.2) is 23.3 Å². The number of carbonyl (C=O) groups is 3. The molecule has 0 saturated heterocycles. The van der Waals surface area contributed by atoms with Crippen LogP contribution >= 0.6 is 11.8 Å². The predicted molar refractivity (Wildman–Crippen MR) is 160 cm³/mol. The first kappa shape index (κ1) is 31.8. The molecule has 4 aromatic rings. The molecule has 3 N–H and O–H groups in total. The van der Waals surface area contributed by atoms with E-state index in [1.165, 1.54) is 26.2 Å². The van der Waals surface area contributed by atoms with E-state index < -0.39 is 51.9 Å². The van der Waals surface area contributed by atoms with Crippen molar-refractivity contribution in [2.45, 2.75) is 17.1 Å². The van der Waals surface area contributed by atoms with Gasteiger partial charge in [0.05, 0.1) is 12.4 Å². The number of nitrogens with one attached hydrogen (secondary N) is 3. The monoisotopic (exact) mass is 623 g/mol. The van der Waals surface area contributed by atoms with Gasteiger partial charge in [-0.1, -0.05) is 36.4 Å². The number of thioether (sulfide) groups is 1. The van der Waals surface area contributed by atoms with Crippen LogP contribution in [0.25, 0.3) is 6.08 Å². The van der Waals surface area contributed by atoms with Crippen molar-refractivity contribution in [2.75, 3.05) is 17.7 Å². The zero-order valence-corrected chi connectivity index (χ0v) is 24.1. The molecule has 0 spiro atoms. The van der Waals surface area contributed by atoms with Crippen LogP contribution in [0.4, 0.5) is 28.9 Å². The van der Waals surface area contributed by atoms with Crippen LogP contribution in [0.2, 0.25) is 0 Å². The number of hydrogen-bond donors (Lipinski definition) is 3. The Morgan fingerprint density at radius 1 is 0.818 bits per heavy atom. The Hall–Kier alpha value is -5.10. The van der Waals surface area contributed by atoms with E-state index in [0.29, 0.717) is 27.5 Å². The number of hydrogen-bond acceptors (Lipinski definition) is 5. The average molecular weight is 624 g/mol. The van der Waals surface area contributed by atoms with Gasteiger partial charge in [-0.15, -0.1) is 11.8 Å². The second-order valence-corrected chi connectivity index (χ2v) is 10.6. The summed E-state index contributed by atoms with van der Waals surface area (Å²) in [5.41, 5.74) is -0.0677. The first-order valence-electron chi connectivity index (χ1n) is 13.0. The summed E-state index contributed by atoms with van der Waals surface area (Å²) in [6.45, 7) is 1.42. The molecule has 0 radical (unpaired) electrons. The highest BCUT2D eigenvalue weighted by Crippen LogP contribution is 2.29. The lowest BCUT2D eigenvalue weighted by atomic mass is 10.1. The summed E-state index contributed by atoms with van der Waals surface area (Å²) < 4.78 is 60.3. The third kappa shape index (κ3) is 8.04. The number of methoxy groups -OCH3 is 1. The minimum Gasteiger partial charge on any atom is -0.497 e. The molecule has 0 aliphatic rings. The largest absolute Gasteiger partial charge is 0.497 e. The molecule has 3 amide bonds. The van der Waals surface area contributed by atoms with Crippen LogP contribution in [-0.4, -0.2) is 30.1 Å². The van der Waals surface area contributed by atoms with Crippen molar-refractivity contribution in [1.29, 1.82) is 0 Å². The fourth-order valence-corrected chi connectivity index (χ4v) is 4.78. The van der Waals surface area contributed by atoms with E-state index in [1.807, 2.05) is 5.32 Å². The van der Waals surface area contributed by atoms with Gasteiger partial charge in [-0.05, 0) is 61.0 Å². The number of halogens is 4. The maximum Gasteiger partial charge on any atom is 0.272 e. The number of ether oxygens (including phenoxy) is 1. The summed E-state index contributed by atoms with van der Waals surface area (Å²) in [7, 11) is 1.50. The Balaban J connectivity index is 1.51.